The van der Waals surface area contributed by atoms with Gasteiger partial charge in [-0.3, -0.25) is 10.1 Å². The third-order valence-corrected chi connectivity index (χ3v) is 6.32. The molecule has 0 radical (unpaired) electrons. The number of halogens is 1. The first-order valence-electron chi connectivity index (χ1n) is 10.8. The number of benzene rings is 3. The molecule has 0 aliphatic carbocycles. The quantitative estimate of drug-likeness (QED) is 0.441. The Balaban J connectivity index is 1.35. The van der Waals surface area contributed by atoms with Crippen molar-refractivity contribution in [1.29, 1.82) is 0 Å². The van der Waals surface area contributed by atoms with Crippen LogP contribution in [0.5, 0.6) is 0 Å². The molecule has 6 heteroatoms. The number of thiocarbonyl (C=S) groups is 1. The van der Waals surface area contributed by atoms with Crippen molar-refractivity contribution in [2.24, 2.45) is 5.92 Å². The fourth-order valence-electron chi connectivity index (χ4n) is 3.87. The summed E-state index contributed by atoms with van der Waals surface area (Å²) in [6.07, 6.45) is 2.36. The van der Waals surface area contributed by atoms with E-state index in [9.17, 15) is 4.79 Å². The summed E-state index contributed by atoms with van der Waals surface area (Å²) < 4.78 is 0. The van der Waals surface area contributed by atoms with Crippen LogP contribution in [0.3, 0.4) is 0 Å². The second-order valence-electron chi connectivity index (χ2n) is 8.19. The van der Waals surface area contributed by atoms with E-state index in [2.05, 4.69) is 22.5 Å². The van der Waals surface area contributed by atoms with Crippen molar-refractivity contribution in [3.8, 4) is 11.1 Å². The third kappa shape index (κ3) is 5.47. The summed E-state index contributed by atoms with van der Waals surface area (Å²) >= 11 is 11.9. The molecule has 1 heterocycles. The van der Waals surface area contributed by atoms with E-state index in [0.717, 1.165) is 41.5 Å². The topological polar surface area (TPSA) is 44.4 Å². The van der Waals surface area contributed by atoms with Crippen LogP contribution in [-0.4, -0.2) is 24.1 Å². The average Bonchev–Trinajstić information content (AvgIpc) is 2.80. The highest BCUT2D eigenvalue weighted by Crippen LogP contribution is 2.31. The third-order valence-electron chi connectivity index (χ3n) is 5.81. The number of amides is 1. The van der Waals surface area contributed by atoms with Crippen molar-refractivity contribution >= 4 is 46.2 Å². The Morgan fingerprint density at radius 2 is 1.62 bits per heavy atom. The number of carbonyl (C=O) groups excluding carboxylic acids is 1. The van der Waals surface area contributed by atoms with Crippen LogP contribution < -0.4 is 15.5 Å². The molecule has 0 unspecified atom stereocenters. The van der Waals surface area contributed by atoms with Crippen molar-refractivity contribution in [3.63, 3.8) is 0 Å². The predicted octanol–water partition coefficient (Wildman–Crippen LogP) is 6.37. The molecule has 0 aromatic heterocycles. The summed E-state index contributed by atoms with van der Waals surface area (Å²) in [7, 11) is 0. The highest BCUT2D eigenvalue weighted by molar-refractivity contribution is 7.80. The van der Waals surface area contributed by atoms with Gasteiger partial charge in [0.05, 0.1) is 10.7 Å². The number of hydrogen-bond donors (Lipinski definition) is 2. The SMILES string of the molecule is CC1CCN(c2ccc(NC(=S)NC(=O)c3ccc(-c4ccccc4)cc3)cc2Cl)CC1. The first-order valence-corrected chi connectivity index (χ1v) is 11.6. The fourth-order valence-corrected chi connectivity index (χ4v) is 4.38. The molecule has 0 saturated carbocycles. The maximum Gasteiger partial charge on any atom is 0.257 e. The van der Waals surface area contributed by atoms with Gasteiger partial charge in [0.25, 0.3) is 5.91 Å². The van der Waals surface area contributed by atoms with Crippen molar-refractivity contribution in [2.75, 3.05) is 23.3 Å². The first kappa shape index (κ1) is 22.3. The van der Waals surface area contributed by atoms with E-state index in [1.165, 1.54) is 12.8 Å². The summed E-state index contributed by atoms with van der Waals surface area (Å²) in [4.78, 5) is 14.9. The zero-order chi connectivity index (χ0) is 22.5. The minimum atomic E-state index is -0.257. The maximum absolute atomic E-state index is 12.6. The molecule has 4 nitrogen and oxygen atoms in total. The minimum absolute atomic E-state index is 0.234. The van der Waals surface area contributed by atoms with Crippen LogP contribution in [0.1, 0.15) is 30.1 Å². The molecule has 4 rings (SSSR count). The van der Waals surface area contributed by atoms with Crippen LogP contribution in [0.2, 0.25) is 5.02 Å². The van der Waals surface area contributed by atoms with Gasteiger partial charge >= 0.3 is 0 Å². The Hall–Kier alpha value is -2.89. The van der Waals surface area contributed by atoms with Crippen LogP contribution >= 0.6 is 23.8 Å². The fraction of sp³-hybridized carbons (Fsp3) is 0.231. The lowest BCUT2D eigenvalue weighted by molar-refractivity contribution is 0.0978. The molecule has 1 aliphatic rings. The molecule has 3 aromatic carbocycles. The molecule has 1 fully saturated rings. The lowest BCUT2D eigenvalue weighted by Crippen LogP contribution is -2.34. The molecular weight excluding hydrogens is 438 g/mol. The van der Waals surface area contributed by atoms with E-state index in [-0.39, 0.29) is 11.0 Å². The maximum atomic E-state index is 12.6. The molecular formula is C26H26ClN3OS. The van der Waals surface area contributed by atoms with E-state index >= 15 is 0 Å². The van der Waals surface area contributed by atoms with Crippen molar-refractivity contribution in [1.82, 2.24) is 5.32 Å². The van der Waals surface area contributed by atoms with Gasteiger partial charge in [-0.1, -0.05) is 61.0 Å². The van der Waals surface area contributed by atoms with Gasteiger partial charge in [-0.05, 0) is 72.4 Å². The smallest absolute Gasteiger partial charge is 0.257 e. The molecule has 2 N–H and O–H groups in total. The average molecular weight is 464 g/mol. The summed E-state index contributed by atoms with van der Waals surface area (Å²) in [5.74, 6) is 0.508. The van der Waals surface area contributed by atoms with Crippen LogP contribution in [0.25, 0.3) is 11.1 Å². The molecule has 1 amide bonds. The summed E-state index contributed by atoms with van der Waals surface area (Å²) in [5, 5.41) is 6.70. The molecule has 1 saturated heterocycles. The van der Waals surface area contributed by atoms with Gasteiger partial charge in [-0.2, -0.15) is 0 Å². The van der Waals surface area contributed by atoms with Crippen LogP contribution in [0.4, 0.5) is 11.4 Å². The molecule has 0 spiro atoms. The van der Waals surface area contributed by atoms with Gasteiger partial charge in [0.2, 0.25) is 0 Å². The van der Waals surface area contributed by atoms with Gasteiger partial charge in [0.15, 0.2) is 5.11 Å². The van der Waals surface area contributed by atoms with E-state index in [0.29, 0.717) is 10.6 Å². The Kier molecular flexibility index (Phi) is 7.08. The molecule has 164 valence electrons. The number of piperidine rings is 1. The van der Waals surface area contributed by atoms with E-state index < -0.39 is 0 Å². The number of nitrogens with zero attached hydrogens (tertiary/aromatic N) is 1. The first-order chi connectivity index (χ1) is 15.5. The standard InChI is InChI=1S/C26H26ClN3OS/c1-18-13-15-30(16-14-18)24-12-11-22(17-23(24)27)28-26(32)29-25(31)21-9-7-20(8-10-21)19-5-3-2-4-6-19/h2-12,17-18H,13-16H2,1H3,(H2,28,29,31,32). The van der Waals surface area contributed by atoms with Crippen molar-refractivity contribution in [2.45, 2.75) is 19.8 Å². The lowest BCUT2D eigenvalue weighted by Gasteiger charge is -2.32. The second kappa shape index (κ2) is 10.2. The van der Waals surface area contributed by atoms with Gasteiger partial charge in [-0.25, -0.2) is 0 Å². The molecule has 1 aliphatic heterocycles. The van der Waals surface area contributed by atoms with Gasteiger partial charge in [0.1, 0.15) is 0 Å². The molecule has 0 bridgehead atoms. The van der Waals surface area contributed by atoms with Crippen LogP contribution in [0, 0.1) is 5.92 Å². The summed E-state index contributed by atoms with van der Waals surface area (Å²) in [6.45, 7) is 4.33. The number of anilines is 2. The molecule has 32 heavy (non-hydrogen) atoms. The van der Waals surface area contributed by atoms with E-state index in [4.69, 9.17) is 23.8 Å². The normalized spacial score (nSPS) is 14.1. The Morgan fingerprint density at radius 1 is 0.969 bits per heavy atom. The van der Waals surface area contributed by atoms with Crippen LogP contribution in [-0.2, 0) is 0 Å². The lowest BCUT2D eigenvalue weighted by atomic mass is 9.99. The Labute approximate surface area is 199 Å². The predicted molar refractivity (Wildman–Crippen MR) is 138 cm³/mol. The van der Waals surface area contributed by atoms with Crippen LogP contribution in [0.15, 0.2) is 72.8 Å². The molecule has 0 atom stereocenters. The van der Waals surface area contributed by atoms with E-state index in [1.54, 1.807) is 12.1 Å². The summed E-state index contributed by atoms with van der Waals surface area (Å²) in [5.41, 5.74) is 4.49. The second-order valence-corrected chi connectivity index (χ2v) is 9.00. The largest absolute Gasteiger partial charge is 0.370 e. The van der Waals surface area contributed by atoms with Gasteiger partial charge in [-0.15, -0.1) is 0 Å². The highest BCUT2D eigenvalue weighted by atomic mass is 35.5. The Bertz CT molecular complexity index is 1090. The van der Waals surface area contributed by atoms with E-state index in [1.807, 2.05) is 60.7 Å². The minimum Gasteiger partial charge on any atom is -0.370 e. The highest BCUT2D eigenvalue weighted by Gasteiger charge is 2.18. The number of rotatable bonds is 4. The van der Waals surface area contributed by atoms with Gasteiger partial charge in [0, 0.05) is 24.3 Å². The zero-order valence-corrected chi connectivity index (χ0v) is 19.5. The number of nitrogens with one attached hydrogen (secondary N) is 2. The number of hydrogen-bond acceptors (Lipinski definition) is 3. The number of carbonyl (C=O) groups is 1. The molecule has 3 aromatic rings. The summed E-state index contributed by atoms with van der Waals surface area (Å²) in [6, 6.07) is 23.3. The zero-order valence-electron chi connectivity index (χ0n) is 18.0. The Morgan fingerprint density at radius 3 is 2.28 bits per heavy atom. The van der Waals surface area contributed by atoms with Gasteiger partial charge < -0.3 is 10.2 Å². The van der Waals surface area contributed by atoms with Crippen molar-refractivity contribution in [3.05, 3.63) is 83.4 Å². The monoisotopic (exact) mass is 463 g/mol. The van der Waals surface area contributed by atoms with Crippen molar-refractivity contribution < 1.29 is 4.79 Å².